The largest absolute Gasteiger partial charge is 0.469 e. The SMILES string of the molecule is COC(=O)CCC/C=C\C/C=C\C/C=C\C/C=C\CCCCCO. The third kappa shape index (κ3) is 18.4. The summed E-state index contributed by atoms with van der Waals surface area (Å²) in [7, 11) is 1.43. The number of unbranched alkanes of at least 4 members (excludes halogenated alkanes) is 4. The van der Waals surface area contributed by atoms with Crippen molar-refractivity contribution in [3.8, 4) is 0 Å². The molecule has 0 saturated heterocycles. The Morgan fingerprint density at radius 2 is 1.25 bits per heavy atom. The van der Waals surface area contributed by atoms with Crippen LogP contribution in [0.1, 0.15) is 64.2 Å². The van der Waals surface area contributed by atoms with E-state index in [0.717, 1.165) is 51.4 Å². The average Bonchev–Trinajstić information content (AvgIpc) is 2.60. The quantitative estimate of drug-likeness (QED) is 0.252. The predicted octanol–water partition coefficient (Wildman–Crippen LogP) is 5.28. The molecule has 0 aliphatic heterocycles. The molecule has 0 bridgehead atoms. The number of carbonyl (C=O) groups is 1. The lowest BCUT2D eigenvalue weighted by Gasteiger charge is -1.95. The van der Waals surface area contributed by atoms with Crippen molar-refractivity contribution in [3.05, 3.63) is 48.6 Å². The summed E-state index contributed by atoms with van der Waals surface area (Å²) in [5, 5.41) is 8.67. The molecule has 0 heterocycles. The minimum Gasteiger partial charge on any atom is -0.469 e. The van der Waals surface area contributed by atoms with E-state index in [0.29, 0.717) is 13.0 Å². The summed E-state index contributed by atoms with van der Waals surface area (Å²) >= 11 is 0. The first-order chi connectivity index (χ1) is 11.8. The Kier molecular flexibility index (Phi) is 18.1. The second kappa shape index (κ2) is 19.4. The van der Waals surface area contributed by atoms with Crippen molar-refractivity contribution >= 4 is 5.97 Å². The summed E-state index contributed by atoms with van der Waals surface area (Å²) in [5.41, 5.74) is 0. The zero-order chi connectivity index (χ0) is 17.7. The van der Waals surface area contributed by atoms with Crippen LogP contribution in [0.3, 0.4) is 0 Å². The third-order valence-corrected chi connectivity index (χ3v) is 3.49. The van der Waals surface area contributed by atoms with Crippen LogP contribution in [0, 0.1) is 0 Å². The fourth-order valence-corrected chi connectivity index (χ4v) is 2.07. The summed E-state index contributed by atoms with van der Waals surface area (Å²) in [5.74, 6) is -0.133. The van der Waals surface area contributed by atoms with Crippen molar-refractivity contribution in [2.24, 2.45) is 0 Å². The maximum atomic E-state index is 10.9. The van der Waals surface area contributed by atoms with Crippen molar-refractivity contribution in [1.82, 2.24) is 0 Å². The zero-order valence-electron chi connectivity index (χ0n) is 15.2. The molecule has 0 unspecified atom stereocenters. The smallest absolute Gasteiger partial charge is 0.305 e. The highest BCUT2D eigenvalue weighted by Crippen LogP contribution is 2.01. The van der Waals surface area contributed by atoms with Crippen molar-refractivity contribution in [1.29, 1.82) is 0 Å². The lowest BCUT2D eigenvalue weighted by atomic mass is 10.2. The second-order valence-electron chi connectivity index (χ2n) is 5.63. The molecular formula is C21H34O3. The topological polar surface area (TPSA) is 46.5 Å². The molecule has 0 aliphatic carbocycles. The van der Waals surface area contributed by atoms with Crippen LogP contribution < -0.4 is 0 Å². The number of aliphatic hydroxyl groups is 1. The molecule has 0 aromatic carbocycles. The number of methoxy groups -OCH3 is 1. The highest BCUT2D eigenvalue weighted by atomic mass is 16.5. The van der Waals surface area contributed by atoms with Gasteiger partial charge in [-0.25, -0.2) is 0 Å². The van der Waals surface area contributed by atoms with Gasteiger partial charge in [-0.1, -0.05) is 55.0 Å². The van der Waals surface area contributed by atoms with Crippen LogP contribution in [-0.2, 0) is 9.53 Å². The van der Waals surface area contributed by atoms with Gasteiger partial charge in [0.05, 0.1) is 7.11 Å². The molecule has 0 amide bonds. The zero-order valence-corrected chi connectivity index (χ0v) is 15.2. The van der Waals surface area contributed by atoms with Gasteiger partial charge in [0.15, 0.2) is 0 Å². The van der Waals surface area contributed by atoms with Gasteiger partial charge < -0.3 is 9.84 Å². The molecule has 0 aromatic heterocycles. The molecule has 136 valence electrons. The van der Waals surface area contributed by atoms with Gasteiger partial charge in [0.1, 0.15) is 0 Å². The maximum Gasteiger partial charge on any atom is 0.305 e. The van der Waals surface area contributed by atoms with E-state index in [1.54, 1.807) is 0 Å². The molecule has 1 N–H and O–H groups in total. The summed E-state index contributed by atoms with van der Waals surface area (Å²) in [6.07, 6.45) is 26.9. The molecular weight excluding hydrogens is 300 g/mol. The van der Waals surface area contributed by atoms with E-state index in [4.69, 9.17) is 5.11 Å². The van der Waals surface area contributed by atoms with Gasteiger partial charge >= 0.3 is 5.97 Å². The van der Waals surface area contributed by atoms with Gasteiger partial charge in [0.25, 0.3) is 0 Å². The minimum atomic E-state index is -0.133. The molecule has 0 saturated carbocycles. The lowest BCUT2D eigenvalue weighted by molar-refractivity contribution is -0.140. The maximum absolute atomic E-state index is 10.9. The van der Waals surface area contributed by atoms with E-state index in [9.17, 15) is 4.79 Å². The highest BCUT2D eigenvalue weighted by molar-refractivity contribution is 5.69. The average molecular weight is 335 g/mol. The van der Waals surface area contributed by atoms with Crippen LogP contribution in [0.15, 0.2) is 48.6 Å². The van der Waals surface area contributed by atoms with Crippen molar-refractivity contribution < 1.29 is 14.6 Å². The number of hydrogen-bond acceptors (Lipinski definition) is 3. The van der Waals surface area contributed by atoms with Crippen LogP contribution in [0.4, 0.5) is 0 Å². The fourth-order valence-electron chi connectivity index (χ4n) is 2.07. The molecule has 0 spiro atoms. The number of hydrogen-bond donors (Lipinski definition) is 1. The van der Waals surface area contributed by atoms with Crippen LogP contribution in [0.2, 0.25) is 0 Å². The Labute approximate surface area is 147 Å². The van der Waals surface area contributed by atoms with Crippen LogP contribution in [-0.4, -0.2) is 24.8 Å². The van der Waals surface area contributed by atoms with Gasteiger partial charge in [0.2, 0.25) is 0 Å². The molecule has 0 fully saturated rings. The molecule has 0 atom stereocenters. The summed E-state index contributed by atoms with van der Waals surface area (Å²) in [4.78, 5) is 10.9. The Bertz CT molecular complexity index is 392. The second-order valence-corrected chi connectivity index (χ2v) is 5.63. The number of rotatable bonds is 15. The number of esters is 1. The van der Waals surface area contributed by atoms with Gasteiger partial charge in [-0.3, -0.25) is 4.79 Å². The molecule has 0 rings (SSSR count). The van der Waals surface area contributed by atoms with Crippen molar-refractivity contribution in [2.75, 3.05) is 13.7 Å². The number of ether oxygens (including phenoxy) is 1. The number of allylic oxidation sites excluding steroid dienone is 8. The van der Waals surface area contributed by atoms with Crippen LogP contribution in [0.5, 0.6) is 0 Å². The highest BCUT2D eigenvalue weighted by Gasteiger charge is 1.96. The summed E-state index contributed by atoms with van der Waals surface area (Å²) in [6.45, 7) is 0.311. The molecule has 0 aromatic rings. The van der Waals surface area contributed by atoms with Gasteiger partial charge in [-0.2, -0.15) is 0 Å². The van der Waals surface area contributed by atoms with Gasteiger partial charge in [0, 0.05) is 13.0 Å². The Morgan fingerprint density at radius 3 is 1.75 bits per heavy atom. The van der Waals surface area contributed by atoms with E-state index in [2.05, 4.69) is 53.3 Å². The molecule has 24 heavy (non-hydrogen) atoms. The number of carbonyl (C=O) groups excluding carboxylic acids is 1. The third-order valence-electron chi connectivity index (χ3n) is 3.49. The Balaban J connectivity index is 3.41. The monoisotopic (exact) mass is 334 g/mol. The minimum absolute atomic E-state index is 0.133. The normalized spacial score (nSPS) is 12.2. The molecule has 3 nitrogen and oxygen atoms in total. The molecule has 0 radical (unpaired) electrons. The lowest BCUT2D eigenvalue weighted by Crippen LogP contribution is -1.98. The fraction of sp³-hybridized carbons (Fsp3) is 0.571. The van der Waals surface area contributed by atoms with E-state index < -0.39 is 0 Å². The first kappa shape index (κ1) is 22.4. The van der Waals surface area contributed by atoms with Gasteiger partial charge in [-0.15, -0.1) is 0 Å². The van der Waals surface area contributed by atoms with Crippen LogP contribution >= 0.6 is 0 Å². The van der Waals surface area contributed by atoms with Crippen molar-refractivity contribution in [2.45, 2.75) is 64.2 Å². The molecule has 3 heteroatoms. The van der Waals surface area contributed by atoms with E-state index in [-0.39, 0.29) is 5.97 Å². The van der Waals surface area contributed by atoms with Gasteiger partial charge in [-0.05, 0) is 51.4 Å². The summed E-state index contributed by atoms with van der Waals surface area (Å²) in [6, 6.07) is 0. The van der Waals surface area contributed by atoms with E-state index >= 15 is 0 Å². The Morgan fingerprint density at radius 1 is 0.750 bits per heavy atom. The molecule has 0 aliphatic rings. The number of aliphatic hydroxyl groups excluding tert-OH is 1. The first-order valence-corrected chi connectivity index (χ1v) is 9.09. The van der Waals surface area contributed by atoms with Crippen molar-refractivity contribution in [3.63, 3.8) is 0 Å². The van der Waals surface area contributed by atoms with E-state index in [1.807, 2.05) is 0 Å². The predicted molar refractivity (Wildman–Crippen MR) is 102 cm³/mol. The van der Waals surface area contributed by atoms with E-state index in [1.165, 1.54) is 13.5 Å². The van der Waals surface area contributed by atoms with Crippen LogP contribution in [0.25, 0.3) is 0 Å². The summed E-state index contributed by atoms with van der Waals surface area (Å²) < 4.78 is 4.59. The Hall–Kier alpha value is -1.61. The standard InChI is InChI=1S/C21H34O3/c1-24-21(23)19-17-15-13-11-9-7-5-3-2-4-6-8-10-12-14-16-18-20-22/h2,4-5,7-8,10-11,13,22H,3,6,9,12,14-20H2,1H3/b4-2-,7-5-,10-8-,13-11-. The first-order valence-electron chi connectivity index (χ1n) is 9.09.